The Morgan fingerprint density at radius 3 is 2.61 bits per heavy atom. The van der Waals surface area contributed by atoms with Gasteiger partial charge in [-0.05, 0) is 45.9 Å². The van der Waals surface area contributed by atoms with Crippen molar-refractivity contribution >= 4 is 23.3 Å². The summed E-state index contributed by atoms with van der Waals surface area (Å²) in [6.45, 7) is 3.41. The van der Waals surface area contributed by atoms with Crippen LogP contribution in [0.25, 0.3) is 0 Å². The second-order valence-electron chi connectivity index (χ2n) is 6.06. The van der Waals surface area contributed by atoms with E-state index in [2.05, 4.69) is 10.6 Å². The predicted molar refractivity (Wildman–Crippen MR) is 88.3 cm³/mol. The smallest absolute Gasteiger partial charge is 0.241 e. The summed E-state index contributed by atoms with van der Waals surface area (Å²) in [6, 6.07) is 6.67. The van der Waals surface area contributed by atoms with E-state index in [1.165, 1.54) is 6.92 Å². The zero-order valence-electron chi connectivity index (χ0n) is 13.8. The minimum absolute atomic E-state index is 0.0528. The molecular formula is C17H23N3O3. The van der Waals surface area contributed by atoms with Crippen molar-refractivity contribution in [1.82, 2.24) is 10.2 Å². The van der Waals surface area contributed by atoms with Gasteiger partial charge in [-0.3, -0.25) is 19.3 Å². The third kappa shape index (κ3) is 5.17. The number of ketones is 1. The van der Waals surface area contributed by atoms with Gasteiger partial charge in [-0.15, -0.1) is 0 Å². The Balaban J connectivity index is 1.89. The standard InChI is InChI=1S/C17H23N3O3/c1-11(20(3)10-16(22)18-14-7-8-14)17(23)19-15-6-4-5-13(9-15)12(2)21/h4-6,9,11,14H,7-8,10H2,1-3H3,(H,18,22)(H,19,23)/t11-/m0/s1. The Morgan fingerprint density at radius 2 is 2.00 bits per heavy atom. The van der Waals surface area contributed by atoms with Crippen molar-refractivity contribution < 1.29 is 14.4 Å². The molecule has 6 nitrogen and oxygen atoms in total. The maximum absolute atomic E-state index is 12.3. The number of hydrogen-bond acceptors (Lipinski definition) is 4. The molecule has 0 radical (unpaired) electrons. The molecule has 1 aliphatic carbocycles. The van der Waals surface area contributed by atoms with Crippen molar-refractivity contribution in [3.05, 3.63) is 29.8 Å². The van der Waals surface area contributed by atoms with Crippen LogP contribution in [-0.2, 0) is 9.59 Å². The van der Waals surface area contributed by atoms with Crippen LogP contribution in [0.3, 0.4) is 0 Å². The van der Waals surface area contributed by atoms with Crippen LogP contribution in [0.5, 0.6) is 0 Å². The third-order valence-corrected chi connectivity index (χ3v) is 3.91. The maximum atomic E-state index is 12.3. The molecule has 1 aromatic carbocycles. The van der Waals surface area contributed by atoms with Crippen molar-refractivity contribution in [1.29, 1.82) is 0 Å². The second kappa shape index (κ2) is 7.37. The first-order valence-electron chi connectivity index (χ1n) is 7.78. The van der Waals surface area contributed by atoms with Gasteiger partial charge in [-0.25, -0.2) is 0 Å². The molecular weight excluding hydrogens is 294 g/mol. The fraction of sp³-hybridized carbons (Fsp3) is 0.471. The number of benzene rings is 1. The van der Waals surface area contributed by atoms with Crippen LogP contribution in [0.15, 0.2) is 24.3 Å². The summed E-state index contributed by atoms with van der Waals surface area (Å²) in [5, 5.41) is 5.68. The first-order chi connectivity index (χ1) is 10.9. The Labute approximate surface area is 136 Å². The summed E-state index contributed by atoms with van der Waals surface area (Å²) >= 11 is 0. The number of carbonyl (C=O) groups excluding carboxylic acids is 3. The van der Waals surface area contributed by atoms with Crippen molar-refractivity contribution in [2.75, 3.05) is 18.9 Å². The van der Waals surface area contributed by atoms with Crippen LogP contribution in [0.4, 0.5) is 5.69 Å². The SMILES string of the molecule is CC(=O)c1cccc(NC(=O)[C@H](C)N(C)CC(=O)NC2CC2)c1. The lowest BCUT2D eigenvalue weighted by atomic mass is 10.1. The lowest BCUT2D eigenvalue weighted by molar-refractivity contribution is -0.124. The lowest BCUT2D eigenvalue weighted by Gasteiger charge is -2.23. The highest BCUT2D eigenvalue weighted by molar-refractivity contribution is 5.98. The molecule has 2 rings (SSSR count). The average molecular weight is 317 g/mol. The Kier molecular flexibility index (Phi) is 5.50. The Morgan fingerprint density at radius 1 is 1.30 bits per heavy atom. The van der Waals surface area contributed by atoms with Crippen molar-refractivity contribution in [2.45, 2.75) is 38.8 Å². The summed E-state index contributed by atoms with van der Waals surface area (Å²) < 4.78 is 0. The minimum Gasteiger partial charge on any atom is -0.352 e. The van der Waals surface area contributed by atoms with Gasteiger partial charge in [0.05, 0.1) is 12.6 Å². The van der Waals surface area contributed by atoms with Gasteiger partial charge in [-0.2, -0.15) is 0 Å². The molecule has 6 heteroatoms. The number of nitrogens with one attached hydrogen (secondary N) is 2. The van der Waals surface area contributed by atoms with E-state index in [1.54, 1.807) is 43.1 Å². The lowest BCUT2D eigenvalue weighted by Crippen LogP contribution is -2.45. The molecule has 0 heterocycles. The molecule has 1 aliphatic rings. The number of Topliss-reactive ketones (excluding diaryl/α,β-unsaturated/α-hetero) is 1. The summed E-state index contributed by atoms with van der Waals surface area (Å²) in [4.78, 5) is 37.1. The first-order valence-corrected chi connectivity index (χ1v) is 7.78. The average Bonchev–Trinajstić information content (AvgIpc) is 3.30. The van der Waals surface area contributed by atoms with Crippen molar-refractivity contribution in [3.8, 4) is 0 Å². The predicted octanol–water partition coefficient (Wildman–Crippen LogP) is 1.43. The van der Waals surface area contributed by atoms with Gasteiger partial charge in [0.15, 0.2) is 5.78 Å². The molecule has 0 aliphatic heterocycles. The zero-order valence-corrected chi connectivity index (χ0v) is 13.8. The Bertz CT molecular complexity index is 611. The first kappa shape index (κ1) is 17.1. The van der Waals surface area contributed by atoms with Crippen molar-refractivity contribution in [3.63, 3.8) is 0 Å². The van der Waals surface area contributed by atoms with Gasteiger partial charge >= 0.3 is 0 Å². The van der Waals surface area contributed by atoms with Crippen molar-refractivity contribution in [2.24, 2.45) is 0 Å². The molecule has 2 amide bonds. The molecule has 0 spiro atoms. The quantitative estimate of drug-likeness (QED) is 0.746. The summed E-state index contributed by atoms with van der Waals surface area (Å²) in [7, 11) is 1.74. The van der Waals surface area contributed by atoms with Gasteiger partial charge < -0.3 is 10.6 Å². The molecule has 23 heavy (non-hydrogen) atoms. The largest absolute Gasteiger partial charge is 0.352 e. The minimum atomic E-state index is -0.457. The van der Waals surface area contributed by atoms with E-state index in [-0.39, 0.29) is 24.1 Å². The summed E-state index contributed by atoms with van der Waals surface area (Å²) in [5.41, 5.74) is 1.12. The van der Waals surface area contributed by atoms with E-state index in [4.69, 9.17) is 0 Å². The second-order valence-corrected chi connectivity index (χ2v) is 6.06. The molecule has 124 valence electrons. The molecule has 0 bridgehead atoms. The van der Waals surface area contributed by atoms with Crippen LogP contribution >= 0.6 is 0 Å². The van der Waals surface area contributed by atoms with Gasteiger partial charge in [-0.1, -0.05) is 12.1 Å². The number of nitrogens with zero attached hydrogens (tertiary/aromatic N) is 1. The number of hydrogen-bond donors (Lipinski definition) is 2. The number of carbonyl (C=O) groups is 3. The molecule has 2 N–H and O–H groups in total. The van der Waals surface area contributed by atoms with E-state index >= 15 is 0 Å². The molecule has 1 aromatic rings. The summed E-state index contributed by atoms with van der Waals surface area (Å²) in [5.74, 6) is -0.330. The number of anilines is 1. The van der Waals surface area contributed by atoms with Crippen LogP contribution < -0.4 is 10.6 Å². The highest BCUT2D eigenvalue weighted by Crippen LogP contribution is 2.18. The zero-order chi connectivity index (χ0) is 17.0. The molecule has 1 saturated carbocycles. The normalized spacial score (nSPS) is 15.1. The molecule has 0 unspecified atom stereocenters. The monoisotopic (exact) mass is 317 g/mol. The van der Waals surface area contributed by atoms with Crippen LogP contribution in [0.2, 0.25) is 0 Å². The van der Waals surface area contributed by atoms with E-state index < -0.39 is 6.04 Å². The van der Waals surface area contributed by atoms with E-state index in [0.29, 0.717) is 17.3 Å². The highest BCUT2D eigenvalue weighted by Gasteiger charge is 2.25. The Hall–Kier alpha value is -2.21. The molecule has 1 atom stereocenters. The highest BCUT2D eigenvalue weighted by atomic mass is 16.2. The third-order valence-electron chi connectivity index (χ3n) is 3.91. The number of likely N-dealkylation sites (N-methyl/N-ethyl adjacent to an activating group) is 1. The van der Waals surface area contributed by atoms with Crippen LogP contribution in [0.1, 0.15) is 37.0 Å². The van der Waals surface area contributed by atoms with Gasteiger partial charge in [0, 0.05) is 17.3 Å². The molecule has 0 saturated heterocycles. The fourth-order valence-electron chi connectivity index (χ4n) is 2.13. The van der Waals surface area contributed by atoms with Crippen LogP contribution in [-0.4, -0.2) is 48.2 Å². The summed E-state index contributed by atoms with van der Waals surface area (Å²) in [6.07, 6.45) is 2.08. The van der Waals surface area contributed by atoms with Gasteiger partial charge in [0.2, 0.25) is 11.8 Å². The number of amides is 2. The maximum Gasteiger partial charge on any atom is 0.241 e. The molecule has 0 aromatic heterocycles. The molecule has 1 fully saturated rings. The van der Waals surface area contributed by atoms with E-state index in [0.717, 1.165) is 12.8 Å². The topological polar surface area (TPSA) is 78.5 Å². The van der Waals surface area contributed by atoms with E-state index in [1.807, 2.05) is 0 Å². The van der Waals surface area contributed by atoms with Gasteiger partial charge in [0.1, 0.15) is 0 Å². The van der Waals surface area contributed by atoms with E-state index in [9.17, 15) is 14.4 Å². The fourth-order valence-corrected chi connectivity index (χ4v) is 2.13. The van der Waals surface area contributed by atoms with Gasteiger partial charge in [0.25, 0.3) is 0 Å². The van der Waals surface area contributed by atoms with Crippen LogP contribution in [0, 0.1) is 0 Å². The number of rotatable bonds is 7.